The lowest BCUT2D eigenvalue weighted by Crippen LogP contribution is -2.22. The Kier molecular flexibility index (Phi) is 6.31. The molecule has 0 saturated carbocycles. The fourth-order valence-corrected chi connectivity index (χ4v) is 2.81. The number of hydrogen-bond acceptors (Lipinski definition) is 1. The van der Waals surface area contributed by atoms with E-state index in [-0.39, 0.29) is 36.5 Å². The van der Waals surface area contributed by atoms with Gasteiger partial charge in [-0.15, -0.1) is 24.0 Å². The Hall–Kier alpha value is -1.77. The number of nitrogens with two attached hydrogens (primary N) is 1. The average Bonchev–Trinajstić information content (AvgIpc) is 3.00. The van der Waals surface area contributed by atoms with Gasteiger partial charge in [0.2, 0.25) is 0 Å². The summed E-state index contributed by atoms with van der Waals surface area (Å²) in [4.78, 5) is 4.18. The van der Waals surface area contributed by atoms with Crippen molar-refractivity contribution in [1.29, 1.82) is 0 Å². The summed E-state index contributed by atoms with van der Waals surface area (Å²) in [6, 6.07) is 11.1. The van der Waals surface area contributed by atoms with Crippen molar-refractivity contribution in [1.82, 2.24) is 0 Å². The Morgan fingerprint density at radius 3 is 2.40 bits per heavy atom. The van der Waals surface area contributed by atoms with Crippen LogP contribution in [0.4, 0.5) is 18.9 Å². The predicted molar refractivity (Wildman–Crippen MR) is 104 cm³/mol. The third kappa shape index (κ3) is 5.10. The molecule has 0 saturated heterocycles. The van der Waals surface area contributed by atoms with E-state index in [0.29, 0.717) is 5.56 Å². The molecule has 0 atom stereocenters. The number of anilines is 1. The number of fused-ring (bicyclic) bond motifs is 1. The smallest absolute Gasteiger partial charge is 0.370 e. The van der Waals surface area contributed by atoms with Gasteiger partial charge in [-0.25, -0.2) is 4.99 Å². The summed E-state index contributed by atoms with van der Waals surface area (Å²) in [5, 5.41) is 3.03. The van der Waals surface area contributed by atoms with Gasteiger partial charge < -0.3 is 11.1 Å². The first-order valence-electron chi connectivity index (χ1n) is 7.77. The number of nitrogens with zero attached hydrogens (tertiary/aromatic N) is 1. The molecule has 7 heteroatoms. The number of rotatable bonds is 3. The molecule has 2 aromatic rings. The highest BCUT2D eigenvalue weighted by atomic mass is 127. The van der Waals surface area contributed by atoms with E-state index in [1.807, 2.05) is 6.07 Å². The van der Waals surface area contributed by atoms with Crippen LogP contribution in [0.5, 0.6) is 0 Å². The van der Waals surface area contributed by atoms with Crippen molar-refractivity contribution in [3.05, 3.63) is 64.7 Å². The van der Waals surface area contributed by atoms with Gasteiger partial charge in [-0.3, -0.25) is 0 Å². The molecule has 0 amide bonds. The van der Waals surface area contributed by atoms with Crippen LogP contribution in [0.15, 0.2) is 47.5 Å². The summed E-state index contributed by atoms with van der Waals surface area (Å²) in [6.45, 7) is 0.224. The number of hydrogen-bond donors (Lipinski definition) is 2. The molecule has 3 nitrogen and oxygen atoms in total. The molecule has 0 radical (unpaired) electrons. The number of nitrogens with one attached hydrogen (secondary N) is 1. The quantitative estimate of drug-likeness (QED) is 0.394. The molecule has 0 fully saturated rings. The van der Waals surface area contributed by atoms with E-state index in [1.165, 1.54) is 29.7 Å². The fourth-order valence-electron chi connectivity index (χ4n) is 2.81. The van der Waals surface area contributed by atoms with Crippen LogP contribution in [-0.2, 0) is 25.6 Å². The molecular weight excluding hydrogens is 442 g/mol. The number of alkyl halides is 3. The Morgan fingerprint density at radius 2 is 1.72 bits per heavy atom. The minimum absolute atomic E-state index is 0. The maximum Gasteiger partial charge on any atom is 0.416 e. The molecule has 0 spiro atoms. The van der Waals surface area contributed by atoms with Crippen molar-refractivity contribution in [3.8, 4) is 0 Å². The van der Waals surface area contributed by atoms with Gasteiger partial charge in [0, 0.05) is 5.69 Å². The second-order valence-electron chi connectivity index (χ2n) is 5.86. The Morgan fingerprint density at radius 1 is 1.04 bits per heavy atom. The molecule has 1 aliphatic rings. The molecule has 0 aromatic heterocycles. The van der Waals surface area contributed by atoms with Crippen molar-refractivity contribution in [2.24, 2.45) is 10.7 Å². The lowest BCUT2D eigenvalue weighted by molar-refractivity contribution is -0.137. The molecular formula is C18H19F3IN3. The summed E-state index contributed by atoms with van der Waals surface area (Å²) in [6.07, 6.45) is -0.952. The van der Waals surface area contributed by atoms with Gasteiger partial charge in [0.1, 0.15) is 0 Å². The predicted octanol–water partition coefficient (Wildman–Crippen LogP) is 4.74. The number of halogens is 4. The first-order valence-corrected chi connectivity index (χ1v) is 7.77. The molecule has 2 aromatic carbocycles. The summed E-state index contributed by atoms with van der Waals surface area (Å²) < 4.78 is 37.5. The van der Waals surface area contributed by atoms with Gasteiger partial charge >= 0.3 is 6.18 Å². The standard InChI is InChI=1S/C18H18F3N3.HI/c19-18(20,21)15-7-4-12(5-8-15)11-23-17(22)24-16-9-6-13-2-1-3-14(13)10-16;/h4-10H,1-3,11H2,(H3,22,23,24);1H. The SMILES string of the molecule is I.NC(=NCc1ccc(C(F)(F)F)cc1)Nc1ccc2c(c1)CCC2. The number of aliphatic imine (C=N–C) groups is 1. The third-order valence-electron chi connectivity index (χ3n) is 4.08. The summed E-state index contributed by atoms with van der Waals surface area (Å²) in [5.74, 6) is 0.243. The molecule has 3 N–H and O–H groups in total. The molecule has 25 heavy (non-hydrogen) atoms. The minimum Gasteiger partial charge on any atom is -0.370 e. The van der Waals surface area contributed by atoms with Gasteiger partial charge in [0.05, 0.1) is 12.1 Å². The van der Waals surface area contributed by atoms with Gasteiger partial charge in [-0.2, -0.15) is 13.2 Å². The molecule has 0 unspecified atom stereocenters. The topological polar surface area (TPSA) is 50.4 Å². The normalized spacial score (nSPS) is 14.0. The highest BCUT2D eigenvalue weighted by Gasteiger charge is 2.29. The first kappa shape index (κ1) is 19.6. The average molecular weight is 461 g/mol. The van der Waals surface area contributed by atoms with Crippen LogP contribution in [0.1, 0.15) is 28.7 Å². The molecule has 0 heterocycles. The van der Waals surface area contributed by atoms with E-state index in [0.717, 1.165) is 30.7 Å². The molecule has 1 aliphatic carbocycles. The Labute approximate surface area is 161 Å². The fraction of sp³-hybridized carbons (Fsp3) is 0.278. The molecule has 3 rings (SSSR count). The maximum atomic E-state index is 12.5. The van der Waals surface area contributed by atoms with Crippen molar-refractivity contribution in [2.75, 3.05) is 5.32 Å². The van der Waals surface area contributed by atoms with E-state index in [9.17, 15) is 13.2 Å². The van der Waals surface area contributed by atoms with Gasteiger partial charge in [0.15, 0.2) is 5.96 Å². The van der Waals surface area contributed by atoms with Crippen LogP contribution >= 0.6 is 24.0 Å². The van der Waals surface area contributed by atoms with Crippen LogP contribution < -0.4 is 11.1 Å². The zero-order chi connectivity index (χ0) is 17.2. The second-order valence-corrected chi connectivity index (χ2v) is 5.86. The van der Waals surface area contributed by atoms with E-state index in [1.54, 1.807) is 0 Å². The van der Waals surface area contributed by atoms with Crippen molar-refractivity contribution in [2.45, 2.75) is 32.0 Å². The second kappa shape index (κ2) is 8.07. The summed E-state index contributed by atoms with van der Waals surface area (Å²) >= 11 is 0. The largest absolute Gasteiger partial charge is 0.416 e. The molecule has 134 valence electrons. The highest BCUT2D eigenvalue weighted by Crippen LogP contribution is 2.29. The van der Waals surface area contributed by atoms with Crippen LogP contribution in [0.3, 0.4) is 0 Å². The third-order valence-corrected chi connectivity index (χ3v) is 4.08. The maximum absolute atomic E-state index is 12.5. The van der Waals surface area contributed by atoms with Crippen LogP contribution in [0.25, 0.3) is 0 Å². The van der Waals surface area contributed by atoms with Gasteiger partial charge in [-0.05, 0) is 60.2 Å². The zero-order valence-corrected chi connectivity index (χ0v) is 15.8. The van der Waals surface area contributed by atoms with E-state index >= 15 is 0 Å². The lowest BCUT2D eigenvalue weighted by Gasteiger charge is -2.09. The minimum atomic E-state index is -4.32. The van der Waals surface area contributed by atoms with Crippen molar-refractivity contribution in [3.63, 3.8) is 0 Å². The first-order chi connectivity index (χ1) is 11.4. The highest BCUT2D eigenvalue weighted by molar-refractivity contribution is 14.0. The monoisotopic (exact) mass is 461 g/mol. The zero-order valence-electron chi connectivity index (χ0n) is 13.4. The van der Waals surface area contributed by atoms with E-state index < -0.39 is 11.7 Å². The van der Waals surface area contributed by atoms with Crippen LogP contribution in [0, 0.1) is 0 Å². The summed E-state index contributed by atoms with van der Waals surface area (Å²) in [5.41, 5.74) is 9.44. The Bertz CT molecular complexity index is 755. The lowest BCUT2D eigenvalue weighted by atomic mass is 10.1. The van der Waals surface area contributed by atoms with E-state index in [2.05, 4.69) is 22.4 Å². The van der Waals surface area contributed by atoms with Crippen molar-refractivity contribution >= 4 is 35.6 Å². The van der Waals surface area contributed by atoms with Crippen LogP contribution in [-0.4, -0.2) is 5.96 Å². The molecule has 0 bridgehead atoms. The van der Waals surface area contributed by atoms with E-state index in [4.69, 9.17) is 5.73 Å². The van der Waals surface area contributed by atoms with Crippen molar-refractivity contribution < 1.29 is 13.2 Å². The number of benzene rings is 2. The van der Waals surface area contributed by atoms with Gasteiger partial charge in [-0.1, -0.05) is 18.2 Å². The number of aryl methyl sites for hydroxylation is 2. The molecule has 0 aliphatic heterocycles. The summed E-state index contributed by atoms with van der Waals surface area (Å²) in [7, 11) is 0. The van der Waals surface area contributed by atoms with Gasteiger partial charge in [0.25, 0.3) is 0 Å². The number of guanidine groups is 1. The van der Waals surface area contributed by atoms with Crippen LogP contribution in [0.2, 0.25) is 0 Å². The Balaban J connectivity index is 0.00000225.